The Balaban J connectivity index is 1.88. The third kappa shape index (κ3) is 5.25. The number of anilines is 2. The van der Waals surface area contributed by atoms with Crippen molar-refractivity contribution in [3.05, 3.63) is 35.9 Å². The molecule has 9 heteroatoms. The number of nitrogens with zero attached hydrogens (tertiary/aromatic N) is 1. The number of ether oxygens (including phenoxy) is 3. The fourth-order valence-electron chi connectivity index (χ4n) is 2.95. The number of rotatable bonds is 9. The summed E-state index contributed by atoms with van der Waals surface area (Å²) in [5.41, 5.74) is 1.85. The van der Waals surface area contributed by atoms with Crippen molar-refractivity contribution in [3.8, 4) is 17.2 Å². The standard InChI is InChI=1S/C22H25N3O6/c1-5-28-18-10-14(11-19(29-6-2)20(18)30-7-3)21(27)25-22-24-16-9-8-15(23-13(4)26)12-17(16)31-22/h8-12H,5-7H2,1-4H3,(H,23,26)(H,24,25,27). The number of benzene rings is 2. The Hall–Kier alpha value is -3.75. The first-order valence-electron chi connectivity index (χ1n) is 10.0. The van der Waals surface area contributed by atoms with E-state index in [9.17, 15) is 9.59 Å². The van der Waals surface area contributed by atoms with Crippen LogP contribution in [0.4, 0.5) is 11.7 Å². The van der Waals surface area contributed by atoms with E-state index in [0.717, 1.165) is 0 Å². The van der Waals surface area contributed by atoms with Crippen LogP contribution in [0.2, 0.25) is 0 Å². The van der Waals surface area contributed by atoms with E-state index >= 15 is 0 Å². The summed E-state index contributed by atoms with van der Waals surface area (Å²) < 4.78 is 22.6. The highest BCUT2D eigenvalue weighted by molar-refractivity contribution is 6.04. The van der Waals surface area contributed by atoms with Crippen molar-refractivity contribution >= 4 is 34.6 Å². The minimum Gasteiger partial charge on any atom is -0.490 e. The monoisotopic (exact) mass is 427 g/mol. The quantitative estimate of drug-likeness (QED) is 0.525. The van der Waals surface area contributed by atoms with Crippen LogP contribution in [0.1, 0.15) is 38.1 Å². The van der Waals surface area contributed by atoms with Crippen LogP contribution in [0.3, 0.4) is 0 Å². The van der Waals surface area contributed by atoms with Crippen LogP contribution < -0.4 is 24.8 Å². The second-order valence-corrected chi connectivity index (χ2v) is 6.44. The Kier molecular flexibility index (Phi) is 6.96. The summed E-state index contributed by atoms with van der Waals surface area (Å²) in [4.78, 5) is 28.4. The van der Waals surface area contributed by atoms with E-state index in [2.05, 4.69) is 15.6 Å². The maximum atomic E-state index is 12.9. The van der Waals surface area contributed by atoms with Gasteiger partial charge in [0.05, 0.1) is 19.8 Å². The largest absolute Gasteiger partial charge is 0.490 e. The van der Waals surface area contributed by atoms with Crippen LogP contribution in [-0.4, -0.2) is 36.6 Å². The smallest absolute Gasteiger partial charge is 0.302 e. The average molecular weight is 427 g/mol. The molecule has 2 aromatic carbocycles. The third-order valence-corrected chi connectivity index (χ3v) is 4.10. The Morgan fingerprint density at radius 1 is 0.935 bits per heavy atom. The van der Waals surface area contributed by atoms with Gasteiger partial charge in [-0.05, 0) is 45.0 Å². The summed E-state index contributed by atoms with van der Waals surface area (Å²) in [7, 11) is 0. The number of carbonyl (C=O) groups is 2. The molecule has 1 heterocycles. The molecule has 0 saturated heterocycles. The number of hydrogen-bond donors (Lipinski definition) is 2. The molecule has 0 saturated carbocycles. The van der Waals surface area contributed by atoms with Crippen molar-refractivity contribution in [1.29, 1.82) is 0 Å². The van der Waals surface area contributed by atoms with Gasteiger partial charge in [0.25, 0.3) is 5.91 Å². The van der Waals surface area contributed by atoms with Crippen LogP contribution in [0.25, 0.3) is 11.1 Å². The highest BCUT2D eigenvalue weighted by Crippen LogP contribution is 2.39. The van der Waals surface area contributed by atoms with Crippen molar-refractivity contribution in [1.82, 2.24) is 4.98 Å². The van der Waals surface area contributed by atoms with E-state index in [0.29, 0.717) is 59.4 Å². The molecule has 2 N–H and O–H groups in total. The van der Waals surface area contributed by atoms with Crippen LogP contribution >= 0.6 is 0 Å². The molecule has 0 aliphatic carbocycles. The maximum absolute atomic E-state index is 12.9. The molecule has 0 aliphatic rings. The predicted octanol–water partition coefficient (Wildman–Crippen LogP) is 4.23. The molecule has 0 atom stereocenters. The zero-order valence-corrected chi connectivity index (χ0v) is 17.9. The lowest BCUT2D eigenvalue weighted by Gasteiger charge is -2.16. The van der Waals surface area contributed by atoms with Gasteiger partial charge < -0.3 is 23.9 Å². The molecule has 0 radical (unpaired) electrons. The normalized spacial score (nSPS) is 10.6. The van der Waals surface area contributed by atoms with E-state index in [1.165, 1.54) is 6.92 Å². The van der Waals surface area contributed by atoms with E-state index in [4.69, 9.17) is 18.6 Å². The SMILES string of the molecule is CCOc1cc(C(=O)Nc2nc3ccc(NC(C)=O)cc3o2)cc(OCC)c1OCC. The summed E-state index contributed by atoms with van der Waals surface area (Å²) in [6, 6.07) is 8.24. The molecule has 3 rings (SSSR count). The van der Waals surface area contributed by atoms with Gasteiger partial charge in [0, 0.05) is 24.2 Å². The predicted molar refractivity (Wildman–Crippen MR) is 116 cm³/mol. The number of nitrogens with one attached hydrogen (secondary N) is 2. The molecule has 164 valence electrons. The van der Waals surface area contributed by atoms with Crippen molar-refractivity contribution < 1.29 is 28.2 Å². The zero-order chi connectivity index (χ0) is 22.4. The third-order valence-electron chi connectivity index (χ3n) is 4.10. The first-order valence-corrected chi connectivity index (χ1v) is 10.0. The molecule has 9 nitrogen and oxygen atoms in total. The van der Waals surface area contributed by atoms with E-state index in [1.54, 1.807) is 30.3 Å². The van der Waals surface area contributed by atoms with Crippen LogP contribution in [0.5, 0.6) is 17.2 Å². The second-order valence-electron chi connectivity index (χ2n) is 6.44. The van der Waals surface area contributed by atoms with Gasteiger partial charge >= 0.3 is 6.01 Å². The number of carbonyl (C=O) groups excluding carboxylic acids is 2. The molecule has 3 aromatic rings. The zero-order valence-electron chi connectivity index (χ0n) is 17.9. The molecule has 0 unspecified atom stereocenters. The molecule has 1 aromatic heterocycles. The first-order chi connectivity index (χ1) is 14.9. The van der Waals surface area contributed by atoms with E-state index < -0.39 is 5.91 Å². The minimum atomic E-state index is -0.446. The van der Waals surface area contributed by atoms with Crippen molar-refractivity contribution in [2.24, 2.45) is 0 Å². The summed E-state index contributed by atoms with van der Waals surface area (Å²) in [6.07, 6.45) is 0. The van der Waals surface area contributed by atoms with Gasteiger partial charge in [0.1, 0.15) is 5.52 Å². The van der Waals surface area contributed by atoms with Gasteiger partial charge in [-0.1, -0.05) is 0 Å². The molecule has 0 fully saturated rings. The van der Waals surface area contributed by atoms with Crippen LogP contribution in [0, 0.1) is 0 Å². The Morgan fingerprint density at radius 2 is 1.58 bits per heavy atom. The van der Waals surface area contributed by atoms with Gasteiger partial charge in [0.2, 0.25) is 11.7 Å². The topological polar surface area (TPSA) is 112 Å². The number of fused-ring (bicyclic) bond motifs is 1. The molecule has 0 spiro atoms. The lowest BCUT2D eigenvalue weighted by atomic mass is 10.1. The first kappa shape index (κ1) is 21.9. The molecular weight excluding hydrogens is 402 g/mol. The summed E-state index contributed by atoms with van der Waals surface area (Å²) in [6.45, 7) is 8.19. The highest BCUT2D eigenvalue weighted by Gasteiger charge is 2.20. The summed E-state index contributed by atoms with van der Waals surface area (Å²) >= 11 is 0. The number of hydrogen-bond acceptors (Lipinski definition) is 7. The van der Waals surface area contributed by atoms with Crippen molar-refractivity contribution in [2.45, 2.75) is 27.7 Å². The molecule has 0 bridgehead atoms. The summed E-state index contributed by atoms with van der Waals surface area (Å²) in [5, 5.41) is 5.31. The number of oxazole rings is 1. The number of amides is 2. The van der Waals surface area contributed by atoms with Gasteiger partial charge in [0.15, 0.2) is 17.1 Å². The Morgan fingerprint density at radius 3 is 2.16 bits per heavy atom. The minimum absolute atomic E-state index is 0.0322. The van der Waals surface area contributed by atoms with Crippen LogP contribution in [0.15, 0.2) is 34.7 Å². The van der Waals surface area contributed by atoms with Crippen molar-refractivity contribution in [2.75, 3.05) is 30.5 Å². The molecule has 31 heavy (non-hydrogen) atoms. The highest BCUT2D eigenvalue weighted by atomic mass is 16.5. The van der Waals surface area contributed by atoms with Gasteiger partial charge in [-0.25, -0.2) is 0 Å². The number of aromatic nitrogens is 1. The Labute approximate surface area is 179 Å². The van der Waals surface area contributed by atoms with Gasteiger partial charge in [-0.3, -0.25) is 14.9 Å². The van der Waals surface area contributed by atoms with Crippen molar-refractivity contribution in [3.63, 3.8) is 0 Å². The molecular formula is C22H25N3O6. The van der Waals surface area contributed by atoms with E-state index in [1.807, 2.05) is 20.8 Å². The second kappa shape index (κ2) is 9.84. The fourth-order valence-corrected chi connectivity index (χ4v) is 2.95. The average Bonchev–Trinajstić information content (AvgIpc) is 3.11. The molecule has 0 aliphatic heterocycles. The van der Waals surface area contributed by atoms with Gasteiger partial charge in [-0.2, -0.15) is 4.98 Å². The molecule has 2 amide bonds. The summed E-state index contributed by atoms with van der Waals surface area (Å²) in [5.74, 6) is 0.641. The Bertz CT molecular complexity index is 1070. The lowest BCUT2D eigenvalue weighted by Crippen LogP contribution is -2.13. The van der Waals surface area contributed by atoms with E-state index in [-0.39, 0.29) is 11.9 Å². The van der Waals surface area contributed by atoms with Crippen LogP contribution in [-0.2, 0) is 4.79 Å². The fraction of sp³-hybridized carbons (Fsp3) is 0.318. The maximum Gasteiger partial charge on any atom is 0.302 e. The van der Waals surface area contributed by atoms with Gasteiger partial charge in [-0.15, -0.1) is 0 Å². The lowest BCUT2D eigenvalue weighted by molar-refractivity contribution is -0.114.